The molecule has 0 aliphatic heterocycles. The number of sulfonamides is 1. The van der Waals surface area contributed by atoms with Crippen LogP contribution in [0.1, 0.15) is 28.8 Å². The zero-order chi connectivity index (χ0) is 15.6. The van der Waals surface area contributed by atoms with E-state index in [9.17, 15) is 8.42 Å². The highest BCUT2D eigenvalue weighted by molar-refractivity contribution is 7.91. The standard InChI is InChI=1S/C13H15N3O3S2/c1-8(6-12-9(2)15-19-10(12)3)16-21(17,18)13-5-4-11(7-14)20-13/h4-5,8,16H,6H2,1-3H3. The SMILES string of the molecule is Cc1noc(C)c1CC(C)NS(=O)(=O)c1ccc(C#N)s1. The van der Waals surface area contributed by atoms with Gasteiger partial charge in [0.2, 0.25) is 10.0 Å². The van der Waals surface area contributed by atoms with Gasteiger partial charge in [-0.3, -0.25) is 0 Å². The molecule has 0 bridgehead atoms. The second-order valence-corrected chi connectivity index (χ2v) is 7.78. The fraction of sp³-hybridized carbons (Fsp3) is 0.385. The quantitative estimate of drug-likeness (QED) is 0.908. The number of rotatable bonds is 5. The number of thiophene rings is 1. The van der Waals surface area contributed by atoms with Crippen molar-refractivity contribution < 1.29 is 12.9 Å². The number of nitriles is 1. The van der Waals surface area contributed by atoms with Crippen LogP contribution in [0.4, 0.5) is 0 Å². The van der Waals surface area contributed by atoms with Gasteiger partial charge in [0, 0.05) is 11.6 Å². The van der Waals surface area contributed by atoms with Gasteiger partial charge in [-0.2, -0.15) is 5.26 Å². The van der Waals surface area contributed by atoms with E-state index in [1.54, 1.807) is 13.8 Å². The van der Waals surface area contributed by atoms with Gasteiger partial charge in [-0.05, 0) is 39.3 Å². The zero-order valence-corrected chi connectivity index (χ0v) is 13.5. The number of hydrogen-bond donors (Lipinski definition) is 1. The van der Waals surface area contributed by atoms with Crippen LogP contribution in [0.25, 0.3) is 0 Å². The first-order valence-corrected chi connectivity index (χ1v) is 8.57. The van der Waals surface area contributed by atoms with Gasteiger partial charge in [-0.25, -0.2) is 13.1 Å². The van der Waals surface area contributed by atoms with Crippen LogP contribution in [-0.2, 0) is 16.4 Å². The van der Waals surface area contributed by atoms with E-state index in [4.69, 9.17) is 9.78 Å². The van der Waals surface area contributed by atoms with E-state index >= 15 is 0 Å². The maximum absolute atomic E-state index is 12.2. The number of aromatic nitrogens is 1. The molecule has 0 aliphatic rings. The van der Waals surface area contributed by atoms with Gasteiger partial charge < -0.3 is 4.52 Å². The first-order valence-electron chi connectivity index (χ1n) is 6.27. The fourth-order valence-electron chi connectivity index (χ4n) is 1.99. The van der Waals surface area contributed by atoms with Gasteiger partial charge in [0.1, 0.15) is 20.9 Å². The highest BCUT2D eigenvalue weighted by Gasteiger charge is 2.21. The first-order chi connectivity index (χ1) is 9.83. The Balaban J connectivity index is 2.12. The summed E-state index contributed by atoms with van der Waals surface area (Å²) in [7, 11) is -3.61. The lowest BCUT2D eigenvalue weighted by atomic mass is 10.1. The molecule has 1 atom stereocenters. The Bertz CT molecular complexity index is 764. The first kappa shape index (κ1) is 15.7. The van der Waals surface area contributed by atoms with Crippen LogP contribution in [0, 0.1) is 25.2 Å². The smallest absolute Gasteiger partial charge is 0.250 e. The molecule has 0 amide bonds. The van der Waals surface area contributed by atoms with Crippen molar-refractivity contribution in [3.63, 3.8) is 0 Å². The van der Waals surface area contributed by atoms with E-state index in [0.717, 1.165) is 22.6 Å². The molecule has 2 aromatic rings. The van der Waals surface area contributed by atoms with Gasteiger partial charge in [-0.1, -0.05) is 5.16 Å². The maximum atomic E-state index is 12.2. The van der Waals surface area contributed by atoms with Crippen LogP contribution >= 0.6 is 11.3 Å². The molecule has 0 spiro atoms. The van der Waals surface area contributed by atoms with Crippen molar-refractivity contribution in [1.82, 2.24) is 9.88 Å². The summed E-state index contributed by atoms with van der Waals surface area (Å²) in [6.07, 6.45) is 0.497. The van der Waals surface area contributed by atoms with Crippen LogP contribution in [0.15, 0.2) is 20.9 Å². The highest BCUT2D eigenvalue weighted by Crippen LogP contribution is 2.21. The molecular formula is C13H15N3O3S2. The van der Waals surface area contributed by atoms with Crippen molar-refractivity contribution in [2.24, 2.45) is 0 Å². The molecule has 2 aromatic heterocycles. The fourth-order valence-corrected chi connectivity index (χ4v) is 4.35. The Morgan fingerprint density at radius 2 is 2.19 bits per heavy atom. The van der Waals surface area contributed by atoms with Crippen molar-refractivity contribution in [3.8, 4) is 6.07 Å². The molecule has 21 heavy (non-hydrogen) atoms. The molecular weight excluding hydrogens is 310 g/mol. The lowest BCUT2D eigenvalue weighted by Crippen LogP contribution is -2.33. The van der Waals surface area contributed by atoms with Crippen LogP contribution in [0.2, 0.25) is 0 Å². The highest BCUT2D eigenvalue weighted by atomic mass is 32.2. The third-order valence-electron chi connectivity index (χ3n) is 3.00. The summed E-state index contributed by atoms with van der Waals surface area (Å²) in [6, 6.07) is 4.56. The minimum absolute atomic E-state index is 0.143. The molecule has 0 aromatic carbocycles. The van der Waals surface area contributed by atoms with Gasteiger partial charge in [-0.15, -0.1) is 11.3 Å². The lowest BCUT2D eigenvalue weighted by Gasteiger charge is -2.13. The van der Waals surface area contributed by atoms with Crippen molar-refractivity contribution >= 4 is 21.4 Å². The van der Waals surface area contributed by atoms with E-state index in [1.807, 2.05) is 13.0 Å². The summed E-state index contributed by atoms with van der Waals surface area (Å²) in [5.41, 5.74) is 1.68. The summed E-state index contributed by atoms with van der Waals surface area (Å²) in [5.74, 6) is 0.696. The molecule has 8 heteroatoms. The summed E-state index contributed by atoms with van der Waals surface area (Å²) in [5, 5.41) is 12.6. The van der Waals surface area contributed by atoms with E-state index in [0.29, 0.717) is 17.1 Å². The predicted octanol–water partition coefficient (Wildman–Crippen LogP) is 2.13. The van der Waals surface area contributed by atoms with Gasteiger partial charge in [0.25, 0.3) is 0 Å². The van der Waals surface area contributed by atoms with Crippen LogP contribution in [0.5, 0.6) is 0 Å². The molecule has 0 saturated heterocycles. The van der Waals surface area contributed by atoms with E-state index in [1.165, 1.54) is 12.1 Å². The average Bonchev–Trinajstić information content (AvgIpc) is 3.00. The number of aryl methyl sites for hydroxylation is 2. The van der Waals surface area contributed by atoms with Crippen LogP contribution in [0.3, 0.4) is 0 Å². The summed E-state index contributed by atoms with van der Waals surface area (Å²) in [6.45, 7) is 5.41. The molecule has 6 nitrogen and oxygen atoms in total. The molecule has 1 N–H and O–H groups in total. The van der Waals surface area contributed by atoms with E-state index < -0.39 is 10.0 Å². The van der Waals surface area contributed by atoms with Gasteiger partial charge >= 0.3 is 0 Å². The van der Waals surface area contributed by atoms with Crippen molar-refractivity contribution in [2.75, 3.05) is 0 Å². The molecule has 112 valence electrons. The molecule has 2 heterocycles. The second kappa shape index (κ2) is 5.97. The number of nitrogens with zero attached hydrogens (tertiary/aromatic N) is 2. The van der Waals surface area contributed by atoms with Gasteiger partial charge in [0.05, 0.1) is 5.69 Å². The molecule has 2 rings (SSSR count). The predicted molar refractivity (Wildman–Crippen MR) is 78.5 cm³/mol. The molecule has 0 aliphatic carbocycles. The molecule has 0 saturated carbocycles. The topological polar surface area (TPSA) is 96.0 Å². The third kappa shape index (κ3) is 3.50. The van der Waals surface area contributed by atoms with Crippen LogP contribution in [-0.4, -0.2) is 19.6 Å². The Morgan fingerprint density at radius 1 is 1.48 bits per heavy atom. The monoisotopic (exact) mass is 325 g/mol. The van der Waals surface area contributed by atoms with E-state index in [2.05, 4.69) is 9.88 Å². The Hall–Kier alpha value is -1.69. The number of hydrogen-bond acceptors (Lipinski definition) is 6. The average molecular weight is 325 g/mol. The van der Waals surface area contributed by atoms with Crippen LogP contribution < -0.4 is 4.72 Å². The molecule has 0 radical (unpaired) electrons. The molecule has 0 fully saturated rings. The third-order valence-corrected chi connectivity index (χ3v) is 6.08. The minimum atomic E-state index is -3.61. The van der Waals surface area contributed by atoms with Crippen molar-refractivity contribution in [2.45, 2.75) is 37.4 Å². The van der Waals surface area contributed by atoms with Crippen molar-refractivity contribution in [1.29, 1.82) is 5.26 Å². The largest absolute Gasteiger partial charge is 0.361 e. The minimum Gasteiger partial charge on any atom is -0.361 e. The molecule has 1 unspecified atom stereocenters. The van der Waals surface area contributed by atoms with E-state index in [-0.39, 0.29) is 10.3 Å². The van der Waals surface area contributed by atoms with Gasteiger partial charge in [0.15, 0.2) is 0 Å². The summed E-state index contributed by atoms with van der Waals surface area (Å²) in [4.78, 5) is 0.369. The Morgan fingerprint density at radius 3 is 2.71 bits per heavy atom. The zero-order valence-electron chi connectivity index (χ0n) is 11.9. The summed E-state index contributed by atoms with van der Waals surface area (Å²) >= 11 is 0.954. The summed E-state index contributed by atoms with van der Waals surface area (Å²) < 4.78 is 32.3. The Kier molecular flexibility index (Phi) is 4.46. The normalized spacial score (nSPS) is 13.0. The maximum Gasteiger partial charge on any atom is 0.250 e. The lowest BCUT2D eigenvalue weighted by molar-refractivity contribution is 0.392. The van der Waals surface area contributed by atoms with Crippen molar-refractivity contribution in [3.05, 3.63) is 34.0 Å². The second-order valence-electron chi connectivity index (χ2n) is 4.76. The Labute approximate surface area is 127 Å². The number of nitrogens with one attached hydrogen (secondary N) is 1.